The number of fused-ring (bicyclic) bond motifs is 1. The lowest BCUT2D eigenvalue weighted by atomic mass is 9.97. The van der Waals surface area contributed by atoms with Gasteiger partial charge in [0, 0.05) is 18.5 Å². The Labute approximate surface area is 147 Å². The Bertz CT molecular complexity index is 708. The molecule has 1 aromatic carbocycles. The molecule has 136 valence electrons. The Morgan fingerprint density at radius 2 is 2.08 bits per heavy atom. The smallest absolute Gasteiger partial charge is 0.311 e. The summed E-state index contributed by atoms with van der Waals surface area (Å²) in [5.74, 6) is 0.298. The van der Waals surface area contributed by atoms with Crippen molar-refractivity contribution in [2.45, 2.75) is 32.7 Å². The van der Waals surface area contributed by atoms with E-state index in [2.05, 4.69) is 11.0 Å². The molecule has 0 unspecified atom stereocenters. The lowest BCUT2D eigenvalue weighted by molar-refractivity contribution is -0.142. The number of benzene rings is 1. The first-order valence-corrected chi connectivity index (χ1v) is 9.09. The van der Waals surface area contributed by atoms with Gasteiger partial charge in [-0.25, -0.2) is 4.39 Å². The van der Waals surface area contributed by atoms with Crippen LogP contribution in [-0.2, 0) is 22.5 Å². The van der Waals surface area contributed by atoms with Crippen LogP contribution in [0.15, 0.2) is 24.3 Å². The van der Waals surface area contributed by atoms with Gasteiger partial charge in [-0.2, -0.15) is 5.10 Å². The quantitative estimate of drug-likeness (QED) is 0.723. The fourth-order valence-corrected chi connectivity index (χ4v) is 3.57. The third-order valence-electron chi connectivity index (χ3n) is 4.89. The number of hydrogen-bond donors (Lipinski definition) is 0. The average molecular weight is 347 g/mol. The van der Waals surface area contributed by atoms with Crippen molar-refractivity contribution >= 4 is 16.9 Å². The second-order valence-electron chi connectivity index (χ2n) is 6.60. The van der Waals surface area contributed by atoms with E-state index in [1.54, 1.807) is 0 Å². The third kappa shape index (κ3) is 4.37. The number of carbonyl (C=O) groups is 1. The van der Waals surface area contributed by atoms with Gasteiger partial charge in [-0.05, 0) is 44.8 Å². The zero-order valence-electron chi connectivity index (χ0n) is 14.8. The highest BCUT2D eigenvalue weighted by molar-refractivity contribution is 5.86. The van der Waals surface area contributed by atoms with E-state index in [4.69, 9.17) is 9.84 Å². The van der Waals surface area contributed by atoms with Crippen molar-refractivity contribution in [2.75, 3.05) is 32.9 Å². The highest BCUT2D eigenvalue weighted by Crippen LogP contribution is 2.24. The maximum absolute atomic E-state index is 12.5. The molecule has 0 aliphatic carbocycles. The Morgan fingerprint density at radius 1 is 1.32 bits per heavy atom. The molecule has 3 rings (SSSR count). The summed E-state index contributed by atoms with van der Waals surface area (Å²) >= 11 is 0. The summed E-state index contributed by atoms with van der Waals surface area (Å²) in [7, 11) is 0. The van der Waals surface area contributed by atoms with Gasteiger partial charge in [0.1, 0.15) is 6.67 Å². The first-order valence-electron chi connectivity index (χ1n) is 9.09. The first kappa shape index (κ1) is 17.9. The molecule has 0 radical (unpaired) electrons. The highest BCUT2D eigenvalue weighted by atomic mass is 19.1. The Morgan fingerprint density at radius 3 is 2.80 bits per heavy atom. The summed E-state index contributed by atoms with van der Waals surface area (Å²) in [6.45, 7) is 5.20. The first-order chi connectivity index (χ1) is 12.2. The lowest BCUT2D eigenvalue weighted by Crippen LogP contribution is -2.36. The normalized spacial score (nSPS) is 16.4. The number of likely N-dealkylation sites (tertiary alicyclic amines) is 1. The number of para-hydroxylation sites is 1. The summed E-state index contributed by atoms with van der Waals surface area (Å²) in [4.78, 5) is 14.0. The lowest BCUT2D eigenvalue weighted by Gasteiger charge is -2.31. The number of rotatable bonds is 7. The second kappa shape index (κ2) is 8.43. The molecule has 0 N–H and O–H groups in total. The van der Waals surface area contributed by atoms with Crippen molar-refractivity contribution < 1.29 is 13.9 Å². The summed E-state index contributed by atoms with van der Waals surface area (Å²) in [5.41, 5.74) is 1.84. The third-order valence-corrected chi connectivity index (χ3v) is 4.89. The van der Waals surface area contributed by atoms with Crippen LogP contribution in [0.25, 0.3) is 10.9 Å². The van der Waals surface area contributed by atoms with Crippen molar-refractivity contribution in [1.29, 1.82) is 0 Å². The van der Waals surface area contributed by atoms with Crippen LogP contribution in [0, 0.1) is 5.92 Å². The van der Waals surface area contributed by atoms with Gasteiger partial charge in [-0.3, -0.25) is 9.48 Å². The number of hydrogen-bond acceptors (Lipinski definition) is 4. The molecular weight excluding hydrogens is 321 g/mol. The van der Waals surface area contributed by atoms with Gasteiger partial charge in [0.2, 0.25) is 0 Å². The topological polar surface area (TPSA) is 47.4 Å². The second-order valence-corrected chi connectivity index (χ2v) is 6.60. The number of alkyl halides is 1. The van der Waals surface area contributed by atoms with E-state index < -0.39 is 0 Å². The van der Waals surface area contributed by atoms with Gasteiger partial charge in [0.25, 0.3) is 0 Å². The van der Waals surface area contributed by atoms with Gasteiger partial charge in [-0.1, -0.05) is 18.2 Å². The Kier molecular flexibility index (Phi) is 6.02. The molecule has 1 aliphatic rings. The van der Waals surface area contributed by atoms with Crippen LogP contribution in [0.1, 0.15) is 25.5 Å². The standard InChI is InChI=1S/C19H26FN3O2/c1-2-25-19(24)13-17-16-5-3-4-6-18(16)23(21-17)14-15-7-10-22(11-8-15)12-9-20/h3-6,15H,2,7-14H2,1H3. The van der Waals surface area contributed by atoms with E-state index in [0.717, 1.165) is 49.1 Å². The number of esters is 1. The molecule has 1 saturated heterocycles. The number of ether oxygens (including phenoxy) is 1. The van der Waals surface area contributed by atoms with Gasteiger partial charge in [0.05, 0.1) is 24.2 Å². The molecule has 25 heavy (non-hydrogen) atoms. The molecule has 0 atom stereocenters. The number of carbonyl (C=O) groups excluding carboxylic acids is 1. The fourth-order valence-electron chi connectivity index (χ4n) is 3.57. The van der Waals surface area contributed by atoms with E-state index in [-0.39, 0.29) is 19.1 Å². The molecule has 0 amide bonds. The van der Waals surface area contributed by atoms with Crippen molar-refractivity contribution in [3.63, 3.8) is 0 Å². The molecule has 0 saturated carbocycles. The number of piperidine rings is 1. The van der Waals surface area contributed by atoms with E-state index >= 15 is 0 Å². The summed E-state index contributed by atoms with van der Waals surface area (Å²) < 4.78 is 19.6. The molecule has 1 aromatic heterocycles. The molecule has 5 nitrogen and oxygen atoms in total. The summed E-state index contributed by atoms with van der Waals surface area (Å²) in [6, 6.07) is 8.03. The SMILES string of the molecule is CCOC(=O)Cc1nn(CC2CCN(CCF)CC2)c2ccccc12. The van der Waals surface area contributed by atoms with Crippen LogP contribution in [0.4, 0.5) is 4.39 Å². The van der Waals surface area contributed by atoms with Gasteiger partial charge < -0.3 is 9.64 Å². The van der Waals surface area contributed by atoms with Crippen molar-refractivity contribution in [3.05, 3.63) is 30.0 Å². The van der Waals surface area contributed by atoms with Gasteiger partial charge in [-0.15, -0.1) is 0 Å². The Balaban J connectivity index is 1.72. The van der Waals surface area contributed by atoms with Gasteiger partial charge >= 0.3 is 5.97 Å². The predicted molar refractivity (Wildman–Crippen MR) is 95.2 cm³/mol. The van der Waals surface area contributed by atoms with Crippen LogP contribution < -0.4 is 0 Å². The maximum Gasteiger partial charge on any atom is 0.311 e. The van der Waals surface area contributed by atoms with Crippen LogP contribution in [0.3, 0.4) is 0 Å². The van der Waals surface area contributed by atoms with E-state index in [1.165, 1.54) is 0 Å². The molecule has 2 aromatic rings. The largest absolute Gasteiger partial charge is 0.466 e. The van der Waals surface area contributed by atoms with Crippen molar-refractivity contribution in [1.82, 2.24) is 14.7 Å². The Hall–Kier alpha value is -1.95. The molecular formula is C19H26FN3O2. The molecule has 1 aliphatic heterocycles. The summed E-state index contributed by atoms with van der Waals surface area (Å²) in [6.07, 6.45) is 2.32. The van der Waals surface area contributed by atoms with E-state index in [0.29, 0.717) is 19.1 Å². The molecule has 2 heterocycles. The number of nitrogens with zero attached hydrogens (tertiary/aromatic N) is 3. The fraction of sp³-hybridized carbons (Fsp3) is 0.579. The van der Waals surface area contributed by atoms with Crippen LogP contribution in [-0.4, -0.2) is 53.6 Å². The predicted octanol–water partition coefficient (Wildman–Crippen LogP) is 2.82. The minimum Gasteiger partial charge on any atom is -0.466 e. The van der Waals surface area contributed by atoms with Crippen molar-refractivity contribution in [3.8, 4) is 0 Å². The zero-order chi connectivity index (χ0) is 17.6. The number of aromatic nitrogens is 2. The minimum atomic E-state index is -0.272. The number of halogens is 1. The highest BCUT2D eigenvalue weighted by Gasteiger charge is 2.21. The maximum atomic E-state index is 12.5. The van der Waals surface area contributed by atoms with Crippen molar-refractivity contribution in [2.24, 2.45) is 5.92 Å². The van der Waals surface area contributed by atoms with E-state index in [1.807, 2.05) is 29.8 Å². The molecule has 1 fully saturated rings. The minimum absolute atomic E-state index is 0.205. The molecule has 0 spiro atoms. The van der Waals surface area contributed by atoms with Gasteiger partial charge in [0.15, 0.2) is 0 Å². The zero-order valence-corrected chi connectivity index (χ0v) is 14.8. The van der Waals surface area contributed by atoms with Crippen LogP contribution in [0.2, 0.25) is 0 Å². The summed E-state index contributed by atoms with van der Waals surface area (Å²) in [5, 5.41) is 5.72. The van der Waals surface area contributed by atoms with Crippen LogP contribution in [0.5, 0.6) is 0 Å². The van der Waals surface area contributed by atoms with E-state index in [9.17, 15) is 9.18 Å². The monoisotopic (exact) mass is 347 g/mol. The molecule has 6 heteroatoms. The average Bonchev–Trinajstić information content (AvgIpc) is 2.95. The molecule has 0 bridgehead atoms. The van der Waals surface area contributed by atoms with Crippen LogP contribution >= 0.6 is 0 Å².